The zero-order valence-corrected chi connectivity index (χ0v) is 12.3. The number of nitrogens with one attached hydrogen (secondary N) is 1. The Morgan fingerprint density at radius 3 is 2.21 bits per heavy atom. The fourth-order valence-electron chi connectivity index (χ4n) is 2.38. The Balaban J connectivity index is 1.99. The average Bonchev–Trinajstić information content (AvgIpc) is 2.38. The maximum Gasteiger partial charge on any atom is 0.162 e. The van der Waals surface area contributed by atoms with E-state index in [1.165, 1.54) is 5.56 Å². The van der Waals surface area contributed by atoms with Crippen LogP contribution in [-0.2, 0) is 9.47 Å². The van der Waals surface area contributed by atoms with E-state index in [1.807, 2.05) is 13.8 Å². The summed E-state index contributed by atoms with van der Waals surface area (Å²) in [5, 5.41) is 3.66. The highest BCUT2D eigenvalue weighted by atomic mass is 16.7. The molecule has 0 spiro atoms. The van der Waals surface area contributed by atoms with E-state index in [0.717, 1.165) is 0 Å². The van der Waals surface area contributed by atoms with E-state index >= 15 is 0 Å². The van der Waals surface area contributed by atoms with Gasteiger partial charge in [-0.15, -0.1) is 0 Å². The zero-order valence-electron chi connectivity index (χ0n) is 12.3. The fraction of sp³-hybridized carbons (Fsp3) is 0.625. The van der Waals surface area contributed by atoms with Gasteiger partial charge >= 0.3 is 0 Å². The van der Waals surface area contributed by atoms with Gasteiger partial charge in [0.2, 0.25) is 0 Å². The Morgan fingerprint density at radius 1 is 1.11 bits per heavy atom. The zero-order chi connectivity index (χ0) is 13.9. The highest BCUT2D eigenvalue weighted by Crippen LogP contribution is 2.24. The van der Waals surface area contributed by atoms with Crippen LogP contribution in [0.15, 0.2) is 30.3 Å². The van der Waals surface area contributed by atoms with Crippen molar-refractivity contribution in [2.75, 3.05) is 13.2 Å². The maximum atomic E-state index is 5.71. The van der Waals surface area contributed by atoms with Gasteiger partial charge in [0, 0.05) is 6.04 Å². The Kier molecular flexibility index (Phi) is 4.61. The molecular weight excluding hydrogens is 238 g/mol. The van der Waals surface area contributed by atoms with Crippen LogP contribution in [0.4, 0.5) is 0 Å². The van der Waals surface area contributed by atoms with Crippen LogP contribution in [0.1, 0.15) is 39.3 Å². The highest BCUT2D eigenvalue weighted by molar-refractivity contribution is 5.19. The lowest BCUT2D eigenvalue weighted by molar-refractivity contribution is -0.253. The molecule has 2 rings (SSSR count). The van der Waals surface area contributed by atoms with Gasteiger partial charge in [0.05, 0.1) is 19.3 Å². The van der Waals surface area contributed by atoms with Crippen LogP contribution in [0, 0.1) is 5.92 Å². The van der Waals surface area contributed by atoms with E-state index in [9.17, 15) is 0 Å². The van der Waals surface area contributed by atoms with Crippen LogP contribution in [-0.4, -0.2) is 25.0 Å². The molecule has 0 aromatic heterocycles. The lowest BCUT2D eigenvalue weighted by Crippen LogP contribution is -2.50. The van der Waals surface area contributed by atoms with Gasteiger partial charge in [-0.1, -0.05) is 44.2 Å². The van der Waals surface area contributed by atoms with E-state index in [1.54, 1.807) is 0 Å². The van der Waals surface area contributed by atoms with Crippen LogP contribution in [0.5, 0.6) is 0 Å². The molecule has 106 valence electrons. The molecule has 0 amide bonds. The van der Waals surface area contributed by atoms with Gasteiger partial charge in [-0.05, 0) is 25.3 Å². The number of hydrogen-bond acceptors (Lipinski definition) is 3. The van der Waals surface area contributed by atoms with Crippen molar-refractivity contribution in [2.45, 2.75) is 45.6 Å². The second-order valence-electron chi connectivity index (χ2n) is 6.02. The number of ether oxygens (including phenoxy) is 2. The Hall–Kier alpha value is -0.900. The van der Waals surface area contributed by atoms with Gasteiger partial charge < -0.3 is 14.8 Å². The second kappa shape index (κ2) is 6.04. The molecule has 1 fully saturated rings. The van der Waals surface area contributed by atoms with Crippen molar-refractivity contribution >= 4 is 0 Å². The monoisotopic (exact) mass is 263 g/mol. The van der Waals surface area contributed by atoms with Crippen LogP contribution in [0.2, 0.25) is 0 Å². The van der Waals surface area contributed by atoms with E-state index in [2.05, 4.69) is 49.5 Å². The van der Waals surface area contributed by atoms with E-state index in [-0.39, 0.29) is 6.04 Å². The van der Waals surface area contributed by atoms with E-state index in [0.29, 0.717) is 25.2 Å². The first-order valence-corrected chi connectivity index (χ1v) is 7.07. The van der Waals surface area contributed by atoms with Crippen LogP contribution < -0.4 is 5.32 Å². The van der Waals surface area contributed by atoms with Gasteiger partial charge in [0.15, 0.2) is 5.79 Å². The second-order valence-corrected chi connectivity index (χ2v) is 6.02. The summed E-state index contributed by atoms with van der Waals surface area (Å²) >= 11 is 0. The largest absolute Gasteiger partial charge is 0.349 e. The lowest BCUT2D eigenvalue weighted by Gasteiger charge is -2.37. The quantitative estimate of drug-likeness (QED) is 0.905. The van der Waals surface area contributed by atoms with Crippen LogP contribution >= 0.6 is 0 Å². The first-order valence-electron chi connectivity index (χ1n) is 7.07. The smallest absolute Gasteiger partial charge is 0.162 e. The summed E-state index contributed by atoms with van der Waals surface area (Å²) in [6, 6.07) is 11.2. The fourth-order valence-corrected chi connectivity index (χ4v) is 2.38. The van der Waals surface area contributed by atoms with Gasteiger partial charge in [0.25, 0.3) is 0 Å². The SMILES string of the molecule is CC(C)C(NC1COC(C)(C)OC1)c1ccccc1. The standard InChI is InChI=1S/C16H25NO2/c1-12(2)15(13-8-6-5-7-9-13)17-14-10-18-16(3,4)19-11-14/h5-9,12,14-15,17H,10-11H2,1-4H3. The van der Waals surface area contributed by atoms with Gasteiger partial charge in [-0.3, -0.25) is 0 Å². The third-order valence-corrected chi connectivity index (χ3v) is 3.50. The molecule has 1 heterocycles. The number of hydrogen-bond donors (Lipinski definition) is 1. The van der Waals surface area contributed by atoms with Gasteiger partial charge in [0.1, 0.15) is 0 Å². The van der Waals surface area contributed by atoms with Gasteiger partial charge in [-0.25, -0.2) is 0 Å². The highest BCUT2D eigenvalue weighted by Gasteiger charge is 2.30. The minimum atomic E-state index is -0.446. The van der Waals surface area contributed by atoms with Crippen LogP contribution in [0.3, 0.4) is 0 Å². The molecule has 1 aromatic rings. The molecule has 1 unspecified atom stereocenters. The third kappa shape index (κ3) is 4.03. The summed E-state index contributed by atoms with van der Waals surface area (Å²) in [5.74, 6) is 0.0791. The summed E-state index contributed by atoms with van der Waals surface area (Å²) in [5.41, 5.74) is 1.32. The van der Waals surface area contributed by atoms with Crippen LogP contribution in [0.25, 0.3) is 0 Å². The molecule has 0 radical (unpaired) electrons. The first kappa shape index (κ1) is 14.5. The molecule has 0 bridgehead atoms. The Bertz CT molecular complexity index is 379. The molecule has 1 atom stereocenters. The van der Waals surface area contributed by atoms with Crippen molar-refractivity contribution in [2.24, 2.45) is 5.92 Å². The molecule has 0 saturated carbocycles. The molecule has 19 heavy (non-hydrogen) atoms. The molecule has 0 aliphatic carbocycles. The summed E-state index contributed by atoms with van der Waals surface area (Å²) in [7, 11) is 0. The van der Waals surface area contributed by atoms with Crippen molar-refractivity contribution in [3.8, 4) is 0 Å². The maximum absolute atomic E-state index is 5.71. The molecular formula is C16H25NO2. The van der Waals surface area contributed by atoms with E-state index in [4.69, 9.17) is 9.47 Å². The molecule has 1 aliphatic heterocycles. The molecule has 1 aromatic carbocycles. The number of benzene rings is 1. The molecule has 1 N–H and O–H groups in total. The van der Waals surface area contributed by atoms with Gasteiger partial charge in [-0.2, -0.15) is 0 Å². The summed E-state index contributed by atoms with van der Waals surface area (Å²) in [4.78, 5) is 0. The number of rotatable bonds is 4. The minimum Gasteiger partial charge on any atom is -0.349 e. The summed E-state index contributed by atoms with van der Waals surface area (Å²) < 4.78 is 11.4. The predicted molar refractivity (Wildman–Crippen MR) is 76.9 cm³/mol. The van der Waals surface area contributed by atoms with Crippen molar-refractivity contribution in [3.05, 3.63) is 35.9 Å². The van der Waals surface area contributed by atoms with E-state index < -0.39 is 5.79 Å². The Labute approximate surface area is 116 Å². The summed E-state index contributed by atoms with van der Waals surface area (Å²) in [6.45, 7) is 9.78. The molecule has 3 heteroatoms. The van der Waals surface area contributed by atoms with Crippen molar-refractivity contribution < 1.29 is 9.47 Å². The average molecular weight is 263 g/mol. The topological polar surface area (TPSA) is 30.5 Å². The third-order valence-electron chi connectivity index (χ3n) is 3.50. The Morgan fingerprint density at radius 2 is 1.68 bits per heavy atom. The first-order chi connectivity index (χ1) is 8.98. The molecule has 1 aliphatic rings. The molecule has 1 saturated heterocycles. The van der Waals surface area contributed by atoms with Crippen molar-refractivity contribution in [1.29, 1.82) is 0 Å². The predicted octanol–water partition coefficient (Wildman–Crippen LogP) is 3.12. The summed E-state index contributed by atoms with van der Waals surface area (Å²) in [6.07, 6.45) is 0. The normalized spacial score (nSPS) is 21.5. The minimum absolute atomic E-state index is 0.251. The molecule has 3 nitrogen and oxygen atoms in total. The lowest BCUT2D eigenvalue weighted by atomic mass is 9.95. The van der Waals surface area contributed by atoms with Crippen molar-refractivity contribution in [3.63, 3.8) is 0 Å². The van der Waals surface area contributed by atoms with Crippen molar-refractivity contribution in [1.82, 2.24) is 5.32 Å².